The average molecular weight is 263 g/mol. The fourth-order valence-electron chi connectivity index (χ4n) is 1.59. The van der Waals surface area contributed by atoms with Crippen molar-refractivity contribution in [3.63, 3.8) is 0 Å². The second kappa shape index (κ2) is 4.30. The molecule has 3 rings (SSSR count). The Morgan fingerprint density at radius 1 is 1.17 bits per heavy atom. The molecule has 0 spiro atoms. The fourth-order valence-corrected chi connectivity index (χ4v) is 2.39. The van der Waals surface area contributed by atoms with E-state index in [2.05, 4.69) is 15.2 Å². The molecule has 0 aliphatic heterocycles. The van der Waals surface area contributed by atoms with Crippen LogP contribution in [0.5, 0.6) is 0 Å². The van der Waals surface area contributed by atoms with Gasteiger partial charge in [0.25, 0.3) is 0 Å². The number of hydrogen-bond acceptors (Lipinski definition) is 3. The molecular formula is C12H7F2N3S. The average Bonchev–Trinajstić information content (AvgIpc) is 2.99. The van der Waals surface area contributed by atoms with E-state index in [0.717, 1.165) is 11.8 Å². The Kier molecular flexibility index (Phi) is 2.64. The Morgan fingerprint density at radius 2 is 2.06 bits per heavy atom. The number of nitrogens with zero attached hydrogens (tertiary/aromatic N) is 2. The van der Waals surface area contributed by atoms with Crippen molar-refractivity contribution in [2.24, 2.45) is 0 Å². The summed E-state index contributed by atoms with van der Waals surface area (Å²) in [4.78, 5) is 4.30. The van der Waals surface area contributed by atoms with Crippen LogP contribution in [0.25, 0.3) is 22.0 Å². The molecule has 6 heteroatoms. The molecule has 3 aromatic rings. The summed E-state index contributed by atoms with van der Waals surface area (Å²) in [5.74, 6) is -1.21. The molecule has 1 aromatic carbocycles. The van der Waals surface area contributed by atoms with Crippen molar-refractivity contribution in [3.05, 3.63) is 47.5 Å². The van der Waals surface area contributed by atoms with E-state index in [1.165, 1.54) is 23.5 Å². The standard InChI is InChI=1S/C12H7F2N3S/c13-7-1-2-8(9(14)5-7)11-6-18-12(16-11)10-3-4-15-17-10/h1-6H,(H,15,17). The maximum Gasteiger partial charge on any atom is 0.141 e. The molecule has 0 fully saturated rings. The van der Waals surface area contributed by atoms with Crippen LogP contribution in [0.15, 0.2) is 35.8 Å². The lowest BCUT2D eigenvalue weighted by atomic mass is 10.1. The topological polar surface area (TPSA) is 41.6 Å². The molecule has 0 atom stereocenters. The first-order valence-electron chi connectivity index (χ1n) is 5.15. The van der Waals surface area contributed by atoms with Crippen LogP contribution >= 0.6 is 11.3 Å². The smallest absolute Gasteiger partial charge is 0.141 e. The molecule has 0 radical (unpaired) electrons. The number of hydrogen-bond donors (Lipinski definition) is 1. The molecule has 0 aliphatic carbocycles. The lowest BCUT2D eigenvalue weighted by molar-refractivity contribution is 0.585. The van der Waals surface area contributed by atoms with Gasteiger partial charge in [0, 0.05) is 23.2 Å². The molecule has 3 nitrogen and oxygen atoms in total. The van der Waals surface area contributed by atoms with Crippen LogP contribution < -0.4 is 0 Å². The van der Waals surface area contributed by atoms with E-state index < -0.39 is 11.6 Å². The number of thiazole rings is 1. The number of nitrogens with one attached hydrogen (secondary N) is 1. The maximum atomic E-state index is 13.6. The van der Waals surface area contributed by atoms with Gasteiger partial charge in [-0.2, -0.15) is 5.10 Å². The summed E-state index contributed by atoms with van der Waals surface area (Å²) >= 11 is 1.37. The van der Waals surface area contributed by atoms with Gasteiger partial charge in [0.05, 0.1) is 11.4 Å². The number of aromatic amines is 1. The van der Waals surface area contributed by atoms with Crippen molar-refractivity contribution < 1.29 is 8.78 Å². The number of H-pyrrole nitrogens is 1. The van der Waals surface area contributed by atoms with Crippen molar-refractivity contribution in [3.8, 4) is 22.0 Å². The summed E-state index contributed by atoms with van der Waals surface area (Å²) < 4.78 is 26.4. The van der Waals surface area contributed by atoms with Gasteiger partial charge in [0.15, 0.2) is 0 Å². The molecule has 0 unspecified atom stereocenters. The number of rotatable bonds is 2. The minimum atomic E-state index is -0.614. The second-order valence-corrected chi connectivity index (χ2v) is 4.49. The highest BCUT2D eigenvalue weighted by atomic mass is 32.1. The van der Waals surface area contributed by atoms with Crippen LogP contribution in [0, 0.1) is 11.6 Å². The SMILES string of the molecule is Fc1ccc(-c2csc(-c3ccn[nH]3)n2)c(F)c1. The zero-order valence-corrected chi connectivity index (χ0v) is 9.84. The van der Waals surface area contributed by atoms with Gasteiger partial charge in [-0.1, -0.05) is 0 Å². The zero-order chi connectivity index (χ0) is 12.5. The molecule has 1 N–H and O–H groups in total. The summed E-state index contributed by atoms with van der Waals surface area (Å²) in [6.45, 7) is 0. The van der Waals surface area contributed by atoms with E-state index in [1.807, 2.05) is 0 Å². The quantitative estimate of drug-likeness (QED) is 0.769. The van der Waals surface area contributed by atoms with Gasteiger partial charge in [-0.05, 0) is 18.2 Å². The number of benzene rings is 1. The molecule has 0 amide bonds. The zero-order valence-electron chi connectivity index (χ0n) is 9.02. The third kappa shape index (κ3) is 1.91. The van der Waals surface area contributed by atoms with Crippen molar-refractivity contribution in [1.82, 2.24) is 15.2 Å². The molecular weight excluding hydrogens is 256 g/mol. The van der Waals surface area contributed by atoms with E-state index in [-0.39, 0.29) is 0 Å². The Morgan fingerprint density at radius 3 is 2.78 bits per heavy atom. The molecule has 18 heavy (non-hydrogen) atoms. The molecule has 2 heterocycles. The predicted molar refractivity (Wildman–Crippen MR) is 65.0 cm³/mol. The Labute approximate surface area is 105 Å². The van der Waals surface area contributed by atoms with E-state index in [1.54, 1.807) is 17.6 Å². The van der Waals surface area contributed by atoms with Crippen LogP contribution in [0.3, 0.4) is 0 Å². The fraction of sp³-hybridized carbons (Fsp3) is 0. The van der Waals surface area contributed by atoms with Gasteiger partial charge in [-0.3, -0.25) is 5.10 Å². The minimum Gasteiger partial charge on any atom is -0.275 e. The summed E-state index contributed by atoms with van der Waals surface area (Å²) in [7, 11) is 0. The summed E-state index contributed by atoms with van der Waals surface area (Å²) in [6, 6.07) is 5.23. The first-order valence-corrected chi connectivity index (χ1v) is 6.03. The molecule has 0 bridgehead atoms. The molecule has 90 valence electrons. The first-order chi connectivity index (χ1) is 8.74. The van der Waals surface area contributed by atoms with Gasteiger partial charge in [0.2, 0.25) is 0 Å². The summed E-state index contributed by atoms with van der Waals surface area (Å²) in [6.07, 6.45) is 1.62. The highest BCUT2D eigenvalue weighted by molar-refractivity contribution is 7.13. The van der Waals surface area contributed by atoms with E-state index in [4.69, 9.17) is 0 Å². The Bertz CT molecular complexity index is 676. The molecule has 0 saturated heterocycles. The predicted octanol–water partition coefficient (Wildman–Crippen LogP) is 3.48. The third-order valence-electron chi connectivity index (χ3n) is 2.44. The van der Waals surface area contributed by atoms with Crippen LogP contribution in [-0.2, 0) is 0 Å². The van der Waals surface area contributed by atoms with Crippen molar-refractivity contribution in [1.29, 1.82) is 0 Å². The molecule has 0 aliphatic rings. The third-order valence-corrected chi connectivity index (χ3v) is 3.32. The molecule has 0 saturated carbocycles. The van der Waals surface area contributed by atoms with Crippen molar-refractivity contribution in [2.45, 2.75) is 0 Å². The van der Waals surface area contributed by atoms with E-state index >= 15 is 0 Å². The Balaban J connectivity index is 2.03. The van der Waals surface area contributed by atoms with Gasteiger partial charge in [-0.15, -0.1) is 11.3 Å². The monoisotopic (exact) mass is 263 g/mol. The van der Waals surface area contributed by atoms with Crippen LogP contribution in [-0.4, -0.2) is 15.2 Å². The van der Waals surface area contributed by atoms with Gasteiger partial charge in [-0.25, -0.2) is 13.8 Å². The molecule has 2 aromatic heterocycles. The van der Waals surface area contributed by atoms with Crippen LogP contribution in [0.2, 0.25) is 0 Å². The van der Waals surface area contributed by atoms with Crippen LogP contribution in [0.4, 0.5) is 8.78 Å². The lowest BCUT2D eigenvalue weighted by Gasteiger charge is -1.98. The highest BCUT2D eigenvalue weighted by Gasteiger charge is 2.11. The number of aromatic nitrogens is 3. The van der Waals surface area contributed by atoms with Crippen molar-refractivity contribution >= 4 is 11.3 Å². The van der Waals surface area contributed by atoms with E-state index in [0.29, 0.717) is 16.3 Å². The second-order valence-electron chi connectivity index (χ2n) is 3.63. The maximum absolute atomic E-state index is 13.6. The summed E-state index contributed by atoms with van der Waals surface area (Å²) in [5, 5.41) is 9.06. The van der Waals surface area contributed by atoms with Gasteiger partial charge >= 0.3 is 0 Å². The Hall–Kier alpha value is -2.08. The normalized spacial score (nSPS) is 10.8. The largest absolute Gasteiger partial charge is 0.275 e. The minimum absolute atomic E-state index is 0.290. The highest BCUT2D eigenvalue weighted by Crippen LogP contribution is 2.29. The van der Waals surface area contributed by atoms with Crippen LogP contribution in [0.1, 0.15) is 0 Å². The van der Waals surface area contributed by atoms with Crippen molar-refractivity contribution in [2.75, 3.05) is 0 Å². The van der Waals surface area contributed by atoms with Gasteiger partial charge in [0.1, 0.15) is 16.6 Å². The van der Waals surface area contributed by atoms with Gasteiger partial charge < -0.3 is 0 Å². The lowest BCUT2D eigenvalue weighted by Crippen LogP contribution is -1.86. The first kappa shape index (κ1) is 11.0. The number of halogens is 2. The van der Waals surface area contributed by atoms with E-state index in [9.17, 15) is 8.78 Å². The summed E-state index contributed by atoms with van der Waals surface area (Å²) in [5.41, 5.74) is 1.55.